The molecule has 0 aromatic carbocycles. The second-order valence-electron chi connectivity index (χ2n) is 4.83. The molecular weight excluding hydrogens is 260 g/mol. The summed E-state index contributed by atoms with van der Waals surface area (Å²) in [5.41, 5.74) is 0. The predicted octanol–water partition coefficient (Wildman–Crippen LogP) is 1.67. The maximum absolute atomic E-state index is 11.8. The smallest absolute Gasteiger partial charge is 0.315 e. The molecule has 6 heteroatoms. The summed E-state index contributed by atoms with van der Waals surface area (Å²) in [6, 6.07) is 2.82. The molecule has 2 amide bonds. The van der Waals surface area contributed by atoms with Crippen LogP contribution in [0.1, 0.15) is 32.1 Å². The molecule has 1 aromatic rings. The number of methoxy groups -OCH3 is 1. The van der Waals surface area contributed by atoms with E-state index in [4.69, 9.17) is 9.15 Å². The number of ether oxygens (including phenoxy) is 1. The fourth-order valence-corrected chi connectivity index (χ4v) is 1.73. The average Bonchev–Trinajstić information content (AvgIpc) is 2.97. The molecule has 0 aliphatic carbocycles. The Bertz CT molecular complexity index is 381. The van der Waals surface area contributed by atoms with E-state index in [-0.39, 0.29) is 24.5 Å². The number of furan rings is 1. The fraction of sp³-hybridized carbons (Fsp3) is 0.643. The van der Waals surface area contributed by atoms with Crippen LogP contribution in [-0.2, 0) is 4.74 Å². The molecule has 0 radical (unpaired) electrons. The summed E-state index contributed by atoms with van der Waals surface area (Å²) in [5, 5.41) is 15.2. The van der Waals surface area contributed by atoms with Crippen LogP contribution in [0.15, 0.2) is 22.8 Å². The van der Waals surface area contributed by atoms with Crippen molar-refractivity contribution in [2.45, 2.75) is 32.4 Å². The summed E-state index contributed by atoms with van der Waals surface area (Å²) >= 11 is 0. The highest BCUT2D eigenvalue weighted by atomic mass is 16.5. The molecule has 0 fully saturated rings. The van der Waals surface area contributed by atoms with Gasteiger partial charge in [-0.2, -0.15) is 0 Å². The summed E-state index contributed by atoms with van der Waals surface area (Å²) in [6.07, 6.45) is 1.86. The lowest BCUT2D eigenvalue weighted by atomic mass is 10.0. The van der Waals surface area contributed by atoms with Crippen LogP contribution in [-0.4, -0.2) is 37.5 Å². The van der Waals surface area contributed by atoms with Crippen molar-refractivity contribution < 1.29 is 19.1 Å². The minimum absolute atomic E-state index is 0.148. The Balaban J connectivity index is 2.43. The number of hydrogen-bond donors (Lipinski definition) is 3. The molecule has 1 aromatic heterocycles. The van der Waals surface area contributed by atoms with Gasteiger partial charge in [-0.15, -0.1) is 0 Å². The number of aliphatic hydroxyl groups is 1. The van der Waals surface area contributed by atoms with E-state index in [1.54, 1.807) is 25.5 Å². The zero-order chi connectivity index (χ0) is 15.0. The van der Waals surface area contributed by atoms with Gasteiger partial charge in [0.25, 0.3) is 0 Å². The van der Waals surface area contributed by atoms with Gasteiger partial charge < -0.3 is 24.9 Å². The van der Waals surface area contributed by atoms with Crippen LogP contribution < -0.4 is 10.6 Å². The van der Waals surface area contributed by atoms with Gasteiger partial charge in [0.15, 0.2) is 0 Å². The van der Waals surface area contributed by atoms with Crippen molar-refractivity contribution in [3.05, 3.63) is 24.2 Å². The van der Waals surface area contributed by atoms with E-state index in [9.17, 15) is 9.90 Å². The van der Waals surface area contributed by atoms with E-state index >= 15 is 0 Å². The van der Waals surface area contributed by atoms with E-state index in [0.29, 0.717) is 12.4 Å². The second-order valence-corrected chi connectivity index (χ2v) is 4.83. The average molecular weight is 284 g/mol. The first kappa shape index (κ1) is 16.5. The van der Waals surface area contributed by atoms with E-state index in [1.165, 1.54) is 0 Å². The van der Waals surface area contributed by atoms with Gasteiger partial charge >= 0.3 is 6.03 Å². The highest BCUT2D eigenvalue weighted by molar-refractivity contribution is 5.74. The zero-order valence-corrected chi connectivity index (χ0v) is 12.3. The maximum atomic E-state index is 11.8. The number of hydrogen-bond acceptors (Lipinski definition) is 4. The number of aliphatic hydroxyl groups excluding tert-OH is 1. The first-order valence-electron chi connectivity index (χ1n) is 6.83. The SMILES string of the molecule is CCC(C)C(O)CNC(=O)NC(COC)c1ccco1. The monoisotopic (exact) mass is 284 g/mol. The largest absolute Gasteiger partial charge is 0.467 e. The zero-order valence-electron chi connectivity index (χ0n) is 12.3. The van der Waals surface area contributed by atoms with E-state index < -0.39 is 6.10 Å². The van der Waals surface area contributed by atoms with Crippen LogP contribution >= 0.6 is 0 Å². The molecule has 3 atom stereocenters. The lowest BCUT2D eigenvalue weighted by molar-refractivity contribution is 0.113. The molecule has 1 rings (SSSR count). The normalized spacial score (nSPS) is 15.4. The Labute approximate surface area is 119 Å². The molecule has 114 valence electrons. The summed E-state index contributed by atoms with van der Waals surface area (Å²) in [7, 11) is 1.56. The number of rotatable bonds is 8. The predicted molar refractivity (Wildman–Crippen MR) is 75.3 cm³/mol. The third-order valence-electron chi connectivity index (χ3n) is 3.30. The van der Waals surface area contributed by atoms with Gasteiger partial charge in [0, 0.05) is 13.7 Å². The van der Waals surface area contributed by atoms with Crippen LogP contribution in [0.2, 0.25) is 0 Å². The van der Waals surface area contributed by atoms with E-state index in [1.807, 2.05) is 13.8 Å². The highest BCUT2D eigenvalue weighted by Crippen LogP contribution is 2.13. The Morgan fingerprint density at radius 2 is 2.30 bits per heavy atom. The van der Waals surface area contributed by atoms with Crippen molar-refractivity contribution in [2.24, 2.45) is 5.92 Å². The summed E-state index contributed by atoms with van der Waals surface area (Å²) in [6.45, 7) is 4.48. The summed E-state index contributed by atoms with van der Waals surface area (Å²) in [5.74, 6) is 0.777. The standard InChI is InChI=1S/C14H24N2O4/c1-4-10(2)12(17)8-15-14(18)16-11(9-19-3)13-6-5-7-20-13/h5-7,10-12,17H,4,8-9H2,1-3H3,(H2,15,16,18). The molecule has 6 nitrogen and oxygen atoms in total. The Morgan fingerprint density at radius 3 is 2.85 bits per heavy atom. The molecule has 0 saturated carbocycles. The first-order valence-corrected chi connectivity index (χ1v) is 6.83. The van der Waals surface area contributed by atoms with Crippen LogP contribution in [0.3, 0.4) is 0 Å². The Hall–Kier alpha value is -1.53. The molecule has 3 N–H and O–H groups in total. The molecule has 0 aliphatic rings. The van der Waals surface area contributed by atoms with Crippen LogP contribution in [0.5, 0.6) is 0 Å². The van der Waals surface area contributed by atoms with Gasteiger partial charge in [-0.1, -0.05) is 20.3 Å². The number of urea groups is 1. The van der Waals surface area contributed by atoms with Crippen LogP contribution in [0, 0.1) is 5.92 Å². The lowest BCUT2D eigenvalue weighted by Crippen LogP contribution is -2.43. The van der Waals surface area contributed by atoms with Gasteiger partial charge in [-0.25, -0.2) is 4.79 Å². The van der Waals surface area contributed by atoms with E-state index in [2.05, 4.69) is 10.6 Å². The van der Waals surface area contributed by atoms with Crippen molar-refractivity contribution in [2.75, 3.05) is 20.3 Å². The van der Waals surface area contributed by atoms with Gasteiger partial charge in [-0.05, 0) is 18.1 Å². The van der Waals surface area contributed by atoms with Crippen molar-refractivity contribution in [3.63, 3.8) is 0 Å². The molecule has 1 heterocycles. The van der Waals surface area contributed by atoms with E-state index in [0.717, 1.165) is 6.42 Å². The molecule has 0 saturated heterocycles. The highest BCUT2D eigenvalue weighted by Gasteiger charge is 2.18. The molecule has 0 spiro atoms. The number of amides is 2. The summed E-state index contributed by atoms with van der Waals surface area (Å²) < 4.78 is 10.3. The van der Waals surface area contributed by atoms with Crippen LogP contribution in [0.25, 0.3) is 0 Å². The summed E-state index contributed by atoms with van der Waals surface area (Å²) in [4.78, 5) is 11.8. The molecule has 3 unspecified atom stereocenters. The van der Waals surface area contributed by atoms with Gasteiger partial charge in [0.2, 0.25) is 0 Å². The molecular formula is C14H24N2O4. The van der Waals surface area contributed by atoms with Crippen LogP contribution in [0.4, 0.5) is 4.79 Å². The second kappa shape index (κ2) is 8.60. The number of carbonyl (C=O) groups is 1. The van der Waals surface area contributed by atoms with Gasteiger partial charge in [0.05, 0.1) is 19.0 Å². The third-order valence-corrected chi connectivity index (χ3v) is 3.30. The minimum Gasteiger partial charge on any atom is -0.467 e. The van der Waals surface area contributed by atoms with Crippen molar-refractivity contribution >= 4 is 6.03 Å². The molecule has 0 bridgehead atoms. The lowest BCUT2D eigenvalue weighted by Gasteiger charge is -2.20. The quantitative estimate of drug-likeness (QED) is 0.678. The topological polar surface area (TPSA) is 83.7 Å². The maximum Gasteiger partial charge on any atom is 0.315 e. The number of nitrogens with one attached hydrogen (secondary N) is 2. The van der Waals surface area contributed by atoms with Crippen molar-refractivity contribution in [1.29, 1.82) is 0 Å². The first-order chi connectivity index (χ1) is 9.58. The van der Waals surface area contributed by atoms with Crippen molar-refractivity contribution in [3.8, 4) is 0 Å². The Morgan fingerprint density at radius 1 is 1.55 bits per heavy atom. The molecule has 20 heavy (non-hydrogen) atoms. The van der Waals surface area contributed by atoms with Gasteiger partial charge in [-0.3, -0.25) is 0 Å². The number of carbonyl (C=O) groups excluding carboxylic acids is 1. The molecule has 0 aliphatic heterocycles. The fourth-order valence-electron chi connectivity index (χ4n) is 1.73. The Kier molecular flexibility index (Phi) is 7.11. The van der Waals surface area contributed by atoms with Gasteiger partial charge in [0.1, 0.15) is 11.8 Å². The van der Waals surface area contributed by atoms with Crippen molar-refractivity contribution in [1.82, 2.24) is 10.6 Å². The third kappa shape index (κ3) is 5.22. The minimum atomic E-state index is -0.546.